The van der Waals surface area contributed by atoms with E-state index in [4.69, 9.17) is 9.47 Å². The second kappa shape index (κ2) is 5.28. The summed E-state index contributed by atoms with van der Waals surface area (Å²) in [5, 5.41) is 0. The number of esters is 1. The number of Topliss-reactive ketones (excluding diaryl/α,β-unsaturated/α-hetero) is 1. The third kappa shape index (κ3) is 2.57. The van der Waals surface area contributed by atoms with E-state index in [9.17, 15) is 22.6 Å². The van der Waals surface area contributed by atoms with E-state index >= 15 is 0 Å². The van der Waals surface area contributed by atoms with Gasteiger partial charge in [-0.05, 0) is 24.7 Å². The van der Waals surface area contributed by atoms with E-state index in [2.05, 4.69) is 0 Å². The molecule has 1 heterocycles. The smallest absolute Gasteiger partial charge is 0.309 e. The fourth-order valence-corrected chi connectivity index (χ4v) is 4.74. The molecule has 0 aromatic rings. The van der Waals surface area contributed by atoms with Crippen LogP contribution < -0.4 is 0 Å². The number of carbonyl (C=O) groups excluding carboxylic acids is 2. The molecule has 8 heteroatoms. The van der Waals surface area contributed by atoms with Gasteiger partial charge in [0.15, 0.2) is 5.78 Å². The van der Waals surface area contributed by atoms with Crippen molar-refractivity contribution in [2.24, 2.45) is 23.7 Å². The van der Waals surface area contributed by atoms with E-state index in [0.717, 1.165) is 6.42 Å². The SMILES string of the molecule is CC(C)CC(=O)C(OC1C2CC3C(=O)OC1C3C2)S(=O)(=O)O. The lowest BCUT2D eigenvalue weighted by Crippen LogP contribution is -2.43. The first kappa shape index (κ1) is 15.9. The van der Waals surface area contributed by atoms with Crippen LogP contribution in [0.4, 0.5) is 0 Å². The lowest BCUT2D eigenvalue weighted by atomic mass is 9.88. The molecule has 0 aromatic carbocycles. The van der Waals surface area contributed by atoms with Crippen LogP contribution in [0.25, 0.3) is 0 Å². The van der Waals surface area contributed by atoms with Crippen LogP contribution in [-0.4, -0.2) is 42.4 Å². The highest BCUT2D eigenvalue weighted by atomic mass is 32.2. The van der Waals surface area contributed by atoms with Crippen LogP contribution in [0.5, 0.6) is 0 Å². The highest BCUT2D eigenvalue weighted by Crippen LogP contribution is 2.55. The highest BCUT2D eigenvalue weighted by Gasteiger charge is 2.63. The predicted molar refractivity (Wildman–Crippen MR) is 74.3 cm³/mol. The number of hydrogen-bond donors (Lipinski definition) is 1. The van der Waals surface area contributed by atoms with Gasteiger partial charge in [-0.25, -0.2) is 0 Å². The second-order valence-electron chi connectivity index (χ2n) is 6.92. The molecule has 22 heavy (non-hydrogen) atoms. The number of rotatable bonds is 6. The first-order valence-corrected chi connectivity index (χ1v) is 9.03. The van der Waals surface area contributed by atoms with Crippen molar-refractivity contribution in [1.82, 2.24) is 0 Å². The van der Waals surface area contributed by atoms with Gasteiger partial charge < -0.3 is 9.47 Å². The molecule has 2 bridgehead atoms. The van der Waals surface area contributed by atoms with Crippen molar-refractivity contribution in [2.75, 3.05) is 0 Å². The van der Waals surface area contributed by atoms with Crippen LogP contribution in [-0.2, 0) is 29.2 Å². The van der Waals surface area contributed by atoms with Gasteiger partial charge in [0.05, 0.1) is 5.92 Å². The van der Waals surface area contributed by atoms with Gasteiger partial charge in [-0.15, -0.1) is 0 Å². The Balaban J connectivity index is 1.78. The third-order valence-electron chi connectivity index (χ3n) is 4.84. The Bertz CT molecular complexity index is 596. The first-order chi connectivity index (χ1) is 10.2. The van der Waals surface area contributed by atoms with Gasteiger partial charge in [-0.2, -0.15) is 8.42 Å². The van der Waals surface area contributed by atoms with Crippen LogP contribution in [0.15, 0.2) is 0 Å². The normalized spacial score (nSPS) is 37.6. The molecule has 3 fully saturated rings. The summed E-state index contributed by atoms with van der Waals surface area (Å²) in [5.74, 6) is -1.05. The minimum atomic E-state index is -4.66. The van der Waals surface area contributed by atoms with Crippen LogP contribution in [0.1, 0.15) is 33.1 Å². The van der Waals surface area contributed by atoms with E-state index in [1.54, 1.807) is 13.8 Å². The Labute approximate surface area is 129 Å². The first-order valence-electron chi connectivity index (χ1n) is 7.53. The molecule has 2 saturated carbocycles. The molecule has 2 aliphatic carbocycles. The van der Waals surface area contributed by atoms with Gasteiger partial charge in [-0.1, -0.05) is 13.8 Å². The average Bonchev–Trinajstić information content (AvgIpc) is 2.96. The molecule has 0 amide bonds. The van der Waals surface area contributed by atoms with Gasteiger partial charge in [0.1, 0.15) is 12.2 Å². The maximum absolute atomic E-state index is 12.1. The van der Waals surface area contributed by atoms with Crippen molar-refractivity contribution in [3.63, 3.8) is 0 Å². The Morgan fingerprint density at radius 3 is 2.68 bits per heavy atom. The molecule has 1 aliphatic heterocycles. The molecule has 1 N–H and O–H groups in total. The van der Waals surface area contributed by atoms with Crippen molar-refractivity contribution >= 4 is 21.9 Å². The van der Waals surface area contributed by atoms with E-state index in [1.165, 1.54) is 0 Å². The van der Waals surface area contributed by atoms with Crippen molar-refractivity contribution in [2.45, 2.75) is 50.8 Å². The molecule has 0 spiro atoms. The Morgan fingerprint density at radius 2 is 2.09 bits per heavy atom. The monoisotopic (exact) mass is 332 g/mol. The Hall–Kier alpha value is -0.990. The van der Waals surface area contributed by atoms with Gasteiger partial charge >= 0.3 is 5.97 Å². The fourth-order valence-electron chi connectivity index (χ4n) is 4.04. The number of fused-ring (bicyclic) bond motifs is 1. The summed E-state index contributed by atoms with van der Waals surface area (Å²) in [6.07, 6.45) is 0.213. The van der Waals surface area contributed by atoms with Crippen LogP contribution >= 0.6 is 0 Å². The topological polar surface area (TPSA) is 107 Å². The zero-order valence-electron chi connectivity index (χ0n) is 12.5. The summed E-state index contributed by atoms with van der Waals surface area (Å²) in [7, 11) is -4.66. The minimum Gasteiger partial charge on any atom is -0.459 e. The highest BCUT2D eigenvalue weighted by molar-refractivity contribution is 7.87. The summed E-state index contributed by atoms with van der Waals surface area (Å²) >= 11 is 0. The maximum atomic E-state index is 12.1. The molecule has 3 rings (SSSR count). The van der Waals surface area contributed by atoms with Gasteiger partial charge in [-0.3, -0.25) is 14.1 Å². The van der Waals surface area contributed by atoms with Crippen molar-refractivity contribution in [3.05, 3.63) is 0 Å². The number of ketones is 1. The van der Waals surface area contributed by atoms with Crippen LogP contribution in [0.2, 0.25) is 0 Å². The molecular formula is C14H20O7S. The zero-order valence-corrected chi connectivity index (χ0v) is 13.3. The maximum Gasteiger partial charge on any atom is 0.309 e. The van der Waals surface area contributed by atoms with E-state index in [0.29, 0.717) is 6.42 Å². The molecule has 6 atom stereocenters. The van der Waals surface area contributed by atoms with Gasteiger partial charge in [0.25, 0.3) is 10.1 Å². The zero-order chi connectivity index (χ0) is 16.2. The van der Waals surface area contributed by atoms with Crippen molar-refractivity contribution in [1.29, 1.82) is 0 Å². The van der Waals surface area contributed by atoms with Gasteiger partial charge in [0, 0.05) is 12.3 Å². The molecule has 0 aromatic heterocycles. The summed E-state index contributed by atoms with van der Waals surface area (Å²) in [5.41, 5.74) is -1.89. The molecular weight excluding hydrogens is 312 g/mol. The average molecular weight is 332 g/mol. The van der Waals surface area contributed by atoms with Crippen LogP contribution in [0.3, 0.4) is 0 Å². The number of carbonyl (C=O) groups is 2. The quantitative estimate of drug-likeness (QED) is 0.566. The number of ether oxygens (including phenoxy) is 2. The fraction of sp³-hybridized carbons (Fsp3) is 0.857. The summed E-state index contributed by atoms with van der Waals surface area (Å²) in [6, 6.07) is 0. The summed E-state index contributed by atoms with van der Waals surface area (Å²) < 4.78 is 43.1. The predicted octanol–water partition coefficient (Wildman–Crippen LogP) is 0.782. The molecule has 3 aliphatic rings. The third-order valence-corrected chi connectivity index (χ3v) is 5.75. The molecule has 6 unspecified atom stereocenters. The Morgan fingerprint density at radius 1 is 1.41 bits per heavy atom. The molecule has 7 nitrogen and oxygen atoms in total. The van der Waals surface area contributed by atoms with E-state index in [1.807, 2.05) is 0 Å². The standard InChI is InChI=1S/C14H20O7S/c1-6(2)3-10(15)14(22(17,18)19)21-11-7-4-8-9(5-7)13(16)20-12(8)11/h6-9,11-12,14H,3-5H2,1-2H3,(H,17,18,19). The summed E-state index contributed by atoms with van der Waals surface area (Å²) in [4.78, 5) is 23.8. The largest absolute Gasteiger partial charge is 0.459 e. The molecule has 1 saturated heterocycles. The summed E-state index contributed by atoms with van der Waals surface area (Å²) in [6.45, 7) is 3.56. The number of hydrogen-bond acceptors (Lipinski definition) is 6. The lowest BCUT2D eigenvalue weighted by Gasteiger charge is -2.28. The lowest BCUT2D eigenvalue weighted by molar-refractivity contribution is -0.149. The Kier molecular flexibility index (Phi) is 3.81. The van der Waals surface area contributed by atoms with Crippen LogP contribution in [0, 0.1) is 23.7 Å². The van der Waals surface area contributed by atoms with E-state index < -0.39 is 33.5 Å². The van der Waals surface area contributed by atoms with Crippen molar-refractivity contribution < 1.29 is 32.0 Å². The minimum absolute atomic E-state index is 0.00164. The second-order valence-corrected chi connectivity index (χ2v) is 8.37. The van der Waals surface area contributed by atoms with Gasteiger partial charge in [0.2, 0.25) is 5.44 Å². The van der Waals surface area contributed by atoms with E-state index in [-0.39, 0.29) is 36.1 Å². The molecule has 124 valence electrons. The van der Waals surface area contributed by atoms with Crippen molar-refractivity contribution in [3.8, 4) is 0 Å². The molecule has 0 radical (unpaired) electrons.